The summed E-state index contributed by atoms with van der Waals surface area (Å²) in [6.45, 7) is 9.32. The molecule has 0 spiro atoms. The molecule has 0 saturated carbocycles. The van der Waals surface area contributed by atoms with Crippen LogP contribution in [-0.4, -0.2) is 37.6 Å². The molecule has 1 saturated heterocycles. The van der Waals surface area contributed by atoms with Gasteiger partial charge in [-0.05, 0) is 75.9 Å². The number of likely N-dealkylation sites (tertiary alicyclic amines) is 1. The molecule has 0 unspecified atom stereocenters. The predicted octanol–water partition coefficient (Wildman–Crippen LogP) is 3.84. The van der Waals surface area contributed by atoms with Crippen LogP contribution in [0.3, 0.4) is 0 Å². The number of aliphatic hydroxyl groups excluding tert-OH is 1. The zero-order valence-corrected chi connectivity index (χ0v) is 17.3. The van der Waals surface area contributed by atoms with E-state index in [1.165, 1.54) is 22.1 Å². The first-order valence-corrected chi connectivity index (χ1v) is 10.2. The maximum Gasteiger partial charge on any atom is 0.137 e. The number of rotatable bonds is 4. The van der Waals surface area contributed by atoms with Crippen LogP contribution in [0.2, 0.25) is 0 Å². The summed E-state index contributed by atoms with van der Waals surface area (Å²) in [6, 6.07) is 6.71. The van der Waals surface area contributed by atoms with Gasteiger partial charge >= 0.3 is 0 Å². The van der Waals surface area contributed by atoms with Gasteiger partial charge in [0, 0.05) is 37.1 Å². The van der Waals surface area contributed by atoms with Gasteiger partial charge in [0.25, 0.3) is 0 Å². The molecular weight excluding hydrogens is 348 g/mol. The number of fused-ring (bicyclic) bond motifs is 1. The van der Waals surface area contributed by atoms with E-state index in [1.54, 1.807) is 6.20 Å². The lowest BCUT2D eigenvalue weighted by Crippen LogP contribution is -2.35. The smallest absolute Gasteiger partial charge is 0.137 e. The highest BCUT2D eigenvalue weighted by Gasteiger charge is 2.28. The van der Waals surface area contributed by atoms with Crippen molar-refractivity contribution in [3.05, 3.63) is 58.8 Å². The van der Waals surface area contributed by atoms with Crippen LogP contribution in [0.25, 0.3) is 10.9 Å². The fraction of sp³-hybridized carbons (Fsp3) is 0.478. The van der Waals surface area contributed by atoms with Crippen LogP contribution < -0.4 is 0 Å². The minimum Gasteiger partial charge on any atom is -0.385 e. The van der Waals surface area contributed by atoms with E-state index < -0.39 is 6.10 Å². The summed E-state index contributed by atoms with van der Waals surface area (Å²) in [7, 11) is 1.95. The Morgan fingerprint density at radius 1 is 1.14 bits per heavy atom. The van der Waals surface area contributed by atoms with Crippen LogP contribution in [0.4, 0.5) is 0 Å². The van der Waals surface area contributed by atoms with Gasteiger partial charge in [0.1, 0.15) is 11.9 Å². The van der Waals surface area contributed by atoms with Gasteiger partial charge in [-0.3, -0.25) is 9.88 Å². The Morgan fingerprint density at radius 2 is 1.89 bits per heavy atom. The first-order chi connectivity index (χ1) is 13.4. The molecule has 0 radical (unpaired) electrons. The van der Waals surface area contributed by atoms with E-state index in [9.17, 15) is 5.11 Å². The van der Waals surface area contributed by atoms with Crippen molar-refractivity contribution in [1.82, 2.24) is 19.4 Å². The molecule has 1 aromatic carbocycles. The van der Waals surface area contributed by atoms with Gasteiger partial charge in [-0.25, -0.2) is 4.98 Å². The summed E-state index contributed by atoms with van der Waals surface area (Å²) in [4.78, 5) is 11.6. The lowest BCUT2D eigenvalue weighted by Gasteiger charge is -2.34. The summed E-state index contributed by atoms with van der Waals surface area (Å²) in [5.41, 5.74) is 6.10. The van der Waals surface area contributed by atoms with Gasteiger partial charge in [-0.15, -0.1) is 0 Å². The molecule has 1 aliphatic heterocycles. The molecule has 1 fully saturated rings. The van der Waals surface area contributed by atoms with Gasteiger partial charge in [0.15, 0.2) is 0 Å². The maximum absolute atomic E-state index is 10.7. The van der Waals surface area contributed by atoms with Crippen molar-refractivity contribution in [2.45, 2.75) is 46.3 Å². The number of aryl methyl sites for hydroxylation is 4. The Kier molecular flexibility index (Phi) is 5.21. The van der Waals surface area contributed by atoms with Crippen LogP contribution in [-0.2, 0) is 13.6 Å². The molecule has 4 rings (SSSR count). The molecule has 3 aromatic rings. The summed E-state index contributed by atoms with van der Waals surface area (Å²) >= 11 is 0. The molecule has 0 bridgehead atoms. The van der Waals surface area contributed by atoms with Crippen LogP contribution in [0, 0.1) is 26.7 Å². The fourth-order valence-corrected chi connectivity index (χ4v) is 4.56. The maximum atomic E-state index is 10.7. The van der Waals surface area contributed by atoms with Crippen LogP contribution in [0.15, 0.2) is 30.6 Å². The minimum absolute atomic E-state index is 0.276. The number of aromatic nitrogens is 3. The second-order valence-corrected chi connectivity index (χ2v) is 8.36. The standard InChI is InChI=1S/C23H30N4O/c1-15-11-16(2)21-20(12-15)19(13-17(3)25-21)14-27-8-5-18(6-9-27)22(28)23-24-7-10-26(23)4/h7,10-13,18,22,28H,5-6,8-9,14H2,1-4H3/t22-/m1/s1. The highest BCUT2D eigenvalue weighted by Crippen LogP contribution is 2.31. The average molecular weight is 379 g/mol. The molecule has 5 nitrogen and oxygen atoms in total. The molecule has 148 valence electrons. The first kappa shape index (κ1) is 19.1. The molecular formula is C23H30N4O. The Hall–Kier alpha value is -2.24. The topological polar surface area (TPSA) is 54.2 Å². The highest BCUT2D eigenvalue weighted by atomic mass is 16.3. The Morgan fingerprint density at radius 3 is 2.57 bits per heavy atom. The van der Waals surface area contributed by atoms with Gasteiger partial charge in [0.05, 0.1) is 5.52 Å². The number of aliphatic hydroxyl groups is 1. The molecule has 1 N–H and O–H groups in total. The van der Waals surface area contributed by atoms with Crippen LogP contribution in [0.5, 0.6) is 0 Å². The van der Waals surface area contributed by atoms with Crippen LogP contribution in [0.1, 0.15) is 47.2 Å². The zero-order valence-electron chi connectivity index (χ0n) is 17.3. The predicted molar refractivity (Wildman–Crippen MR) is 112 cm³/mol. The van der Waals surface area contributed by atoms with Gasteiger partial charge in [-0.1, -0.05) is 11.6 Å². The molecule has 0 amide bonds. The number of piperidine rings is 1. The SMILES string of the molecule is Cc1cc(C)c2nc(C)cc(CN3CCC([C@@H](O)c4nccn4C)CC3)c2c1. The number of pyridine rings is 1. The normalized spacial score (nSPS) is 17.3. The summed E-state index contributed by atoms with van der Waals surface area (Å²) in [6.07, 6.45) is 5.17. The zero-order chi connectivity index (χ0) is 19.8. The van der Waals surface area contributed by atoms with E-state index in [-0.39, 0.29) is 5.92 Å². The largest absolute Gasteiger partial charge is 0.385 e. The Labute approximate surface area is 167 Å². The number of benzene rings is 1. The Bertz CT molecular complexity index is 986. The van der Waals surface area contributed by atoms with Crippen molar-refractivity contribution in [3.8, 4) is 0 Å². The minimum atomic E-state index is -0.476. The second kappa shape index (κ2) is 7.64. The van der Waals surface area contributed by atoms with Crippen molar-refractivity contribution >= 4 is 10.9 Å². The lowest BCUT2D eigenvalue weighted by molar-refractivity contribution is 0.0493. The van der Waals surface area contributed by atoms with E-state index in [0.717, 1.165) is 49.5 Å². The van der Waals surface area contributed by atoms with Crippen molar-refractivity contribution in [3.63, 3.8) is 0 Å². The molecule has 5 heteroatoms. The van der Waals surface area contributed by atoms with Crippen molar-refractivity contribution < 1.29 is 5.11 Å². The monoisotopic (exact) mass is 378 g/mol. The summed E-state index contributed by atoms with van der Waals surface area (Å²) < 4.78 is 1.92. The van der Waals surface area contributed by atoms with Crippen molar-refractivity contribution in [1.29, 1.82) is 0 Å². The van der Waals surface area contributed by atoms with E-state index in [2.05, 4.69) is 48.9 Å². The number of hydrogen-bond donors (Lipinski definition) is 1. The van der Waals surface area contributed by atoms with E-state index in [0.29, 0.717) is 0 Å². The third-order valence-corrected chi connectivity index (χ3v) is 6.06. The fourth-order valence-electron chi connectivity index (χ4n) is 4.56. The van der Waals surface area contributed by atoms with Gasteiger partial charge in [0.2, 0.25) is 0 Å². The second-order valence-electron chi connectivity index (χ2n) is 8.36. The summed E-state index contributed by atoms with van der Waals surface area (Å²) in [5.74, 6) is 1.05. The number of hydrogen-bond acceptors (Lipinski definition) is 4. The number of imidazole rings is 1. The molecule has 1 atom stereocenters. The quantitative estimate of drug-likeness (QED) is 0.749. The molecule has 0 aliphatic carbocycles. The van der Waals surface area contributed by atoms with E-state index in [1.807, 2.05) is 17.8 Å². The summed E-state index contributed by atoms with van der Waals surface area (Å²) in [5, 5.41) is 12.0. The third-order valence-electron chi connectivity index (χ3n) is 6.06. The average Bonchev–Trinajstić information content (AvgIpc) is 3.09. The van der Waals surface area contributed by atoms with E-state index >= 15 is 0 Å². The molecule has 28 heavy (non-hydrogen) atoms. The van der Waals surface area contributed by atoms with E-state index in [4.69, 9.17) is 4.98 Å². The molecule has 1 aliphatic rings. The van der Waals surface area contributed by atoms with Crippen molar-refractivity contribution in [2.75, 3.05) is 13.1 Å². The Balaban J connectivity index is 1.49. The van der Waals surface area contributed by atoms with Gasteiger partial charge in [-0.2, -0.15) is 0 Å². The lowest BCUT2D eigenvalue weighted by atomic mass is 9.90. The third kappa shape index (κ3) is 3.69. The molecule has 2 aromatic heterocycles. The highest BCUT2D eigenvalue weighted by molar-refractivity contribution is 5.86. The molecule has 3 heterocycles. The van der Waals surface area contributed by atoms with Gasteiger partial charge < -0.3 is 9.67 Å². The first-order valence-electron chi connectivity index (χ1n) is 10.2. The van der Waals surface area contributed by atoms with Crippen molar-refractivity contribution in [2.24, 2.45) is 13.0 Å². The van der Waals surface area contributed by atoms with Crippen LogP contribution >= 0.6 is 0 Å². The number of nitrogens with zero attached hydrogens (tertiary/aromatic N) is 4.